The molecule has 1 N–H and O–H groups in total. The first-order valence-corrected chi connectivity index (χ1v) is 11.6. The van der Waals surface area contributed by atoms with Gasteiger partial charge in [0.2, 0.25) is 0 Å². The van der Waals surface area contributed by atoms with Crippen molar-refractivity contribution in [2.45, 2.75) is 57.3 Å². The van der Waals surface area contributed by atoms with Gasteiger partial charge in [0.05, 0.1) is 7.11 Å². The molecule has 31 heavy (non-hydrogen) atoms. The van der Waals surface area contributed by atoms with Crippen molar-refractivity contribution in [1.29, 1.82) is 0 Å². The summed E-state index contributed by atoms with van der Waals surface area (Å²) in [4.78, 5) is 4.69. The summed E-state index contributed by atoms with van der Waals surface area (Å²) in [6.45, 7) is 3.17. The predicted octanol–water partition coefficient (Wildman–Crippen LogP) is 6.92. The van der Waals surface area contributed by atoms with E-state index < -0.39 is 0 Å². The Morgan fingerprint density at radius 1 is 1.00 bits per heavy atom. The van der Waals surface area contributed by atoms with Gasteiger partial charge in [0.15, 0.2) is 5.89 Å². The van der Waals surface area contributed by atoms with E-state index in [1.54, 1.807) is 13.4 Å². The van der Waals surface area contributed by atoms with Gasteiger partial charge in [0.25, 0.3) is 0 Å². The third-order valence-corrected chi connectivity index (χ3v) is 6.94. The van der Waals surface area contributed by atoms with E-state index in [1.165, 1.54) is 55.3 Å². The normalized spacial score (nSPS) is 21.1. The van der Waals surface area contributed by atoms with Gasteiger partial charge in [-0.25, -0.2) is 4.98 Å². The average Bonchev–Trinajstić information content (AvgIpc) is 3.54. The van der Waals surface area contributed by atoms with E-state index in [0.29, 0.717) is 11.8 Å². The number of nitrogens with zero attached hydrogens (tertiary/aromatic N) is 1. The van der Waals surface area contributed by atoms with E-state index in [-0.39, 0.29) is 0 Å². The molecule has 162 valence electrons. The van der Waals surface area contributed by atoms with Gasteiger partial charge in [-0.3, -0.25) is 0 Å². The molecule has 2 aromatic carbocycles. The summed E-state index contributed by atoms with van der Waals surface area (Å²) < 4.78 is 11.1. The van der Waals surface area contributed by atoms with Crippen LogP contribution in [-0.2, 0) is 0 Å². The fourth-order valence-corrected chi connectivity index (χ4v) is 4.84. The summed E-state index contributed by atoms with van der Waals surface area (Å²) >= 11 is 0. The second kappa shape index (κ2) is 8.78. The number of methoxy groups -OCH3 is 1. The van der Waals surface area contributed by atoms with Gasteiger partial charge in [-0.2, -0.15) is 0 Å². The van der Waals surface area contributed by atoms with Crippen molar-refractivity contribution in [3.63, 3.8) is 0 Å². The number of oxazole rings is 1. The minimum atomic E-state index is 0.548. The minimum absolute atomic E-state index is 0.548. The molecule has 0 unspecified atom stereocenters. The molecule has 4 nitrogen and oxygen atoms in total. The van der Waals surface area contributed by atoms with Gasteiger partial charge in [0.1, 0.15) is 17.7 Å². The number of nitrogens with one attached hydrogen (secondary N) is 1. The maximum atomic E-state index is 5.67. The molecular weight excluding hydrogens is 384 g/mol. The number of aromatic nitrogens is 1. The van der Waals surface area contributed by atoms with Crippen LogP contribution in [0, 0.1) is 12.8 Å². The van der Waals surface area contributed by atoms with E-state index in [9.17, 15) is 0 Å². The Hall–Kier alpha value is -2.75. The lowest BCUT2D eigenvalue weighted by molar-refractivity contribution is 0.338. The molecule has 5 rings (SSSR count). The van der Waals surface area contributed by atoms with Crippen LogP contribution in [0.25, 0.3) is 11.3 Å². The maximum Gasteiger partial charge on any atom is 0.197 e. The molecule has 0 radical (unpaired) electrons. The predicted molar refractivity (Wildman–Crippen MR) is 125 cm³/mol. The van der Waals surface area contributed by atoms with Crippen molar-refractivity contribution in [3.8, 4) is 17.0 Å². The molecule has 4 heteroatoms. The van der Waals surface area contributed by atoms with Crippen LogP contribution in [0.1, 0.15) is 67.4 Å². The zero-order chi connectivity index (χ0) is 21.2. The Morgan fingerprint density at radius 3 is 2.55 bits per heavy atom. The molecule has 2 aliphatic rings. The number of ether oxygens (including phenoxy) is 1. The molecule has 0 aliphatic heterocycles. The highest BCUT2D eigenvalue weighted by atomic mass is 16.5. The van der Waals surface area contributed by atoms with Crippen molar-refractivity contribution in [1.82, 2.24) is 4.98 Å². The number of hydrogen-bond acceptors (Lipinski definition) is 4. The second-order valence-electron chi connectivity index (χ2n) is 9.25. The minimum Gasteiger partial charge on any atom is -0.496 e. The Labute approximate surface area is 185 Å². The smallest absolute Gasteiger partial charge is 0.197 e. The number of aryl methyl sites for hydroxylation is 1. The van der Waals surface area contributed by atoms with Crippen molar-refractivity contribution >= 4 is 5.69 Å². The molecule has 1 heterocycles. The molecule has 0 saturated heterocycles. The largest absolute Gasteiger partial charge is 0.496 e. The van der Waals surface area contributed by atoms with E-state index in [4.69, 9.17) is 9.15 Å². The highest BCUT2D eigenvalue weighted by Crippen LogP contribution is 2.40. The maximum absolute atomic E-state index is 5.67. The lowest BCUT2D eigenvalue weighted by Crippen LogP contribution is -2.20. The van der Waals surface area contributed by atoms with Gasteiger partial charge >= 0.3 is 0 Å². The molecule has 2 fully saturated rings. The SMILES string of the molecule is COc1ccc([C@H]2CC[C@H](CNc3cccc(-c4coc(C5CC5)n4)c3)CC2)cc1C. The number of hydrogen-bond donors (Lipinski definition) is 1. The highest BCUT2D eigenvalue weighted by Gasteiger charge is 2.28. The number of rotatable bonds is 7. The van der Waals surface area contributed by atoms with Crippen LogP contribution in [0.5, 0.6) is 5.75 Å². The van der Waals surface area contributed by atoms with Crippen LogP contribution < -0.4 is 10.1 Å². The zero-order valence-electron chi connectivity index (χ0n) is 18.6. The molecule has 2 aliphatic carbocycles. The van der Waals surface area contributed by atoms with Gasteiger partial charge < -0.3 is 14.5 Å². The Morgan fingerprint density at radius 2 is 1.81 bits per heavy atom. The van der Waals surface area contributed by atoms with Crippen LogP contribution in [0.15, 0.2) is 53.1 Å². The topological polar surface area (TPSA) is 47.3 Å². The van der Waals surface area contributed by atoms with Gasteiger partial charge in [-0.15, -0.1) is 0 Å². The van der Waals surface area contributed by atoms with Crippen LogP contribution >= 0.6 is 0 Å². The van der Waals surface area contributed by atoms with Crippen LogP contribution in [-0.4, -0.2) is 18.6 Å². The molecule has 0 atom stereocenters. The Bertz CT molecular complexity index is 1030. The molecule has 2 saturated carbocycles. The molecular formula is C27H32N2O2. The van der Waals surface area contributed by atoms with Crippen molar-refractivity contribution in [2.75, 3.05) is 19.0 Å². The number of anilines is 1. The summed E-state index contributed by atoms with van der Waals surface area (Å²) in [6.07, 6.45) is 9.30. The van der Waals surface area contributed by atoms with Crippen molar-refractivity contribution < 1.29 is 9.15 Å². The number of benzene rings is 2. The average molecular weight is 417 g/mol. The quantitative estimate of drug-likeness (QED) is 0.454. The fraction of sp³-hybridized carbons (Fsp3) is 0.444. The van der Waals surface area contributed by atoms with E-state index in [0.717, 1.165) is 35.4 Å². The summed E-state index contributed by atoms with van der Waals surface area (Å²) in [5.41, 5.74) is 5.94. The third kappa shape index (κ3) is 4.63. The second-order valence-corrected chi connectivity index (χ2v) is 9.25. The molecule has 3 aromatic rings. The Balaban J connectivity index is 1.15. The van der Waals surface area contributed by atoms with Crippen molar-refractivity contribution in [2.24, 2.45) is 5.92 Å². The lowest BCUT2D eigenvalue weighted by atomic mass is 9.78. The summed E-state index contributed by atoms with van der Waals surface area (Å²) in [6, 6.07) is 15.2. The summed E-state index contributed by atoms with van der Waals surface area (Å²) in [5, 5.41) is 3.67. The third-order valence-electron chi connectivity index (χ3n) is 6.94. The first-order chi connectivity index (χ1) is 15.2. The zero-order valence-corrected chi connectivity index (χ0v) is 18.6. The molecule has 0 amide bonds. The van der Waals surface area contributed by atoms with Crippen LogP contribution in [0.4, 0.5) is 5.69 Å². The summed E-state index contributed by atoms with van der Waals surface area (Å²) in [7, 11) is 1.74. The first-order valence-electron chi connectivity index (χ1n) is 11.6. The Kier molecular flexibility index (Phi) is 5.71. The van der Waals surface area contributed by atoms with Crippen LogP contribution in [0.2, 0.25) is 0 Å². The lowest BCUT2D eigenvalue weighted by Gasteiger charge is -2.29. The molecule has 1 aromatic heterocycles. The molecule has 0 spiro atoms. The molecule has 0 bridgehead atoms. The highest BCUT2D eigenvalue weighted by molar-refractivity contribution is 5.64. The van der Waals surface area contributed by atoms with Gasteiger partial charge in [-0.1, -0.05) is 24.3 Å². The fourth-order valence-electron chi connectivity index (χ4n) is 4.84. The standard InChI is InChI=1S/C27H32N2O2/c1-18-14-22(12-13-26(18)30-2)20-8-6-19(7-9-20)16-28-24-5-3-4-23(15-24)25-17-31-27(29-25)21-10-11-21/h3-5,12-15,17,19-21,28H,6-11,16H2,1-2H3/t19-,20-. The van der Waals surface area contributed by atoms with Gasteiger partial charge in [0, 0.05) is 23.7 Å². The summed E-state index contributed by atoms with van der Waals surface area (Å²) in [5.74, 6) is 3.84. The van der Waals surface area contributed by atoms with E-state index in [1.807, 2.05) is 0 Å². The van der Waals surface area contributed by atoms with Crippen molar-refractivity contribution in [3.05, 3.63) is 65.7 Å². The van der Waals surface area contributed by atoms with E-state index >= 15 is 0 Å². The first kappa shape index (κ1) is 20.2. The van der Waals surface area contributed by atoms with Gasteiger partial charge in [-0.05, 0) is 86.6 Å². The monoisotopic (exact) mass is 416 g/mol. The van der Waals surface area contributed by atoms with Crippen LogP contribution in [0.3, 0.4) is 0 Å². The van der Waals surface area contributed by atoms with E-state index in [2.05, 4.69) is 59.7 Å².